The Hall–Kier alpha value is -2.52. The summed E-state index contributed by atoms with van der Waals surface area (Å²) in [7, 11) is 5.21. The molecule has 6 nitrogen and oxygen atoms in total. The fraction of sp³-hybridized carbons (Fsp3) is 0.375. The molecule has 0 radical (unpaired) electrons. The van der Waals surface area contributed by atoms with Crippen molar-refractivity contribution in [3.05, 3.63) is 35.7 Å². The zero-order valence-corrected chi connectivity index (χ0v) is 13.3. The van der Waals surface area contributed by atoms with Crippen LogP contribution in [0, 0.1) is 11.3 Å². The first-order valence-corrected chi connectivity index (χ1v) is 7.09. The summed E-state index contributed by atoms with van der Waals surface area (Å²) in [6.07, 6.45) is 0.839. The summed E-state index contributed by atoms with van der Waals surface area (Å²) in [6.45, 7) is 2.06. The van der Waals surface area contributed by atoms with Gasteiger partial charge in [-0.1, -0.05) is 19.1 Å². The predicted molar refractivity (Wildman–Crippen MR) is 85.0 cm³/mol. The smallest absolute Gasteiger partial charge is 0.352 e. The number of methoxy groups -OCH3 is 1. The normalized spacial score (nSPS) is 16.6. The van der Waals surface area contributed by atoms with E-state index >= 15 is 0 Å². The molecule has 1 heterocycles. The van der Waals surface area contributed by atoms with Crippen LogP contribution < -0.4 is 10.2 Å². The number of rotatable bonds is 4. The molecule has 0 unspecified atom stereocenters. The minimum absolute atomic E-state index is 0.0131. The van der Waals surface area contributed by atoms with Gasteiger partial charge in [-0.15, -0.1) is 0 Å². The van der Waals surface area contributed by atoms with Crippen molar-refractivity contribution in [2.24, 2.45) is 0 Å². The summed E-state index contributed by atoms with van der Waals surface area (Å²) in [5, 5.41) is 12.6. The molecule has 116 valence electrons. The number of nitrogens with zero attached hydrogens (tertiary/aromatic N) is 3. The molecule has 6 heteroatoms. The van der Waals surface area contributed by atoms with Crippen LogP contribution in [0.5, 0.6) is 0 Å². The lowest BCUT2D eigenvalue weighted by Crippen LogP contribution is -2.44. The second-order valence-electron chi connectivity index (χ2n) is 5.19. The number of nitrogens with one attached hydrogen (secondary N) is 1. The third-order valence-corrected chi connectivity index (χ3v) is 3.65. The summed E-state index contributed by atoms with van der Waals surface area (Å²) < 4.78 is 4.74. The Bertz CT molecular complexity index is 646. The quantitative estimate of drug-likeness (QED) is 0.522. The molecule has 0 fully saturated rings. The van der Waals surface area contributed by atoms with Gasteiger partial charge in [0, 0.05) is 0 Å². The van der Waals surface area contributed by atoms with Gasteiger partial charge in [-0.05, 0) is 32.6 Å². The van der Waals surface area contributed by atoms with E-state index < -0.39 is 5.97 Å². The van der Waals surface area contributed by atoms with Crippen LogP contribution in [0.15, 0.2) is 35.7 Å². The number of carbonyl (C=O) groups is 1. The SMILES string of the molecule is CC[C@H](N(C)C)N1/C(=C(\C#N)C(=O)OC)Nc2ccccc21. The molecule has 1 aliphatic heterocycles. The molecule has 1 aromatic rings. The van der Waals surface area contributed by atoms with Gasteiger partial charge < -0.3 is 15.0 Å². The number of fused-ring (bicyclic) bond motifs is 1. The van der Waals surface area contributed by atoms with Crippen molar-refractivity contribution in [3.8, 4) is 6.07 Å². The first-order valence-electron chi connectivity index (χ1n) is 7.09. The highest BCUT2D eigenvalue weighted by Gasteiger charge is 2.34. The van der Waals surface area contributed by atoms with Gasteiger partial charge in [0.2, 0.25) is 0 Å². The predicted octanol–water partition coefficient (Wildman–Crippen LogP) is 2.12. The highest BCUT2D eigenvalue weighted by molar-refractivity contribution is 5.97. The molecule has 0 saturated carbocycles. The number of para-hydroxylation sites is 2. The highest BCUT2D eigenvalue weighted by atomic mass is 16.5. The number of carbonyl (C=O) groups excluding carboxylic acids is 1. The number of benzene rings is 1. The summed E-state index contributed by atoms with van der Waals surface area (Å²) >= 11 is 0. The van der Waals surface area contributed by atoms with Crippen LogP contribution in [0.2, 0.25) is 0 Å². The van der Waals surface area contributed by atoms with Crippen molar-refractivity contribution in [1.29, 1.82) is 5.26 Å². The summed E-state index contributed by atoms with van der Waals surface area (Å²) in [6, 6.07) is 9.69. The summed E-state index contributed by atoms with van der Waals surface area (Å²) in [5.74, 6) is -0.174. The number of anilines is 2. The molecule has 0 amide bonds. The van der Waals surface area contributed by atoms with Crippen LogP contribution in [0.3, 0.4) is 0 Å². The number of ether oxygens (including phenoxy) is 1. The Morgan fingerprint density at radius 2 is 2.14 bits per heavy atom. The highest BCUT2D eigenvalue weighted by Crippen LogP contribution is 2.39. The molecule has 0 saturated heterocycles. The monoisotopic (exact) mass is 300 g/mol. The fourth-order valence-electron chi connectivity index (χ4n) is 2.67. The minimum atomic E-state index is -0.642. The lowest BCUT2D eigenvalue weighted by atomic mass is 10.2. The topological polar surface area (TPSA) is 68.6 Å². The van der Waals surface area contributed by atoms with Crippen LogP contribution >= 0.6 is 0 Å². The van der Waals surface area contributed by atoms with Crippen LogP contribution in [-0.2, 0) is 9.53 Å². The molecule has 22 heavy (non-hydrogen) atoms. The second kappa shape index (κ2) is 6.50. The molecule has 1 aromatic carbocycles. The zero-order chi connectivity index (χ0) is 16.3. The summed E-state index contributed by atoms with van der Waals surface area (Å²) in [4.78, 5) is 16.0. The van der Waals surface area contributed by atoms with E-state index in [-0.39, 0.29) is 11.7 Å². The average Bonchev–Trinajstić information content (AvgIpc) is 2.87. The third kappa shape index (κ3) is 2.63. The van der Waals surface area contributed by atoms with Crippen molar-refractivity contribution in [2.45, 2.75) is 19.5 Å². The van der Waals surface area contributed by atoms with Crippen molar-refractivity contribution >= 4 is 17.3 Å². The van der Waals surface area contributed by atoms with Gasteiger partial charge in [-0.2, -0.15) is 5.26 Å². The lowest BCUT2D eigenvalue weighted by Gasteiger charge is -2.34. The molecule has 0 aliphatic carbocycles. The summed E-state index contributed by atoms with van der Waals surface area (Å²) in [5.41, 5.74) is 1.78. The Kier molecular flexibility index (Phi) is 4.68. The zero-order valence-electron chi connectivity index (χ0n) is 13.3. The Morgan fingerprint density at radius 1 is 1.45 bits per heavy atom. The molecule has 0 bridgehead atoms. The van der Waals surface area contributed by atoms with Gasteiger partial charge in [0.15, 0.2) is 5.57 Å². The lowest BCUT2D eigenvalue weighted by molar-refractivity contribution is -0.135. The van der Waals surface area contributed by atoms with Crippen LogP contribution in [-0.4, -0.2) is 38.2 Å². The number of esters is 1. The molecule has 0 spiro atoms. The molecule has 1 atom stereocenters. The van der Waals surface area contributed by atoms with E-state index in [0.29, 0.717) is 5.82 Å². The molecular formula is C16H20N4O2. The van der Waals surface area contributed by atoms with Gasteiger partial charge in [0.05, 0.1) is 24.7 Å². The number of nitriles is 1. The molecule has 2 rings (SSSR count). The standard InChI is InChI=1S/C16H20N4O2/c1-5-14(19(2)3)20-13-9-7-6-8-12(13)18-15(20)11(10-17)16(21)22-4/h6-9,14,18H,5H2,1-4H3/b15-11+/t14-/m1/s1. The Labute approximate surface area is 130 Å². The van der Waals surface area contributed by atoms with E-state index in [4.69, 9.17) is 4.74 Å². The Morgan fingerprint density at radius 3 is 2.68 bits per heavy atom. The first-order chi connectivity index (χ1) is 10.5. The van der Waals surface area contributed by atoms with Crippen molar-refractivity contribution in [3.63, 3.8) is 0 Å². The van der Waals surface area contributed by atoms with Crippen molar-refractivity contribution in [2.75, 3.05) is 31.4 Å². The maximum absolute atomic E-state index is 11.9. The maximum atomic E-state index is 11.9. The van der Waals surface area contributed by atoms with E-state index in [0.717, 1.165) is 17.8 Å². The first kappa shape index (κ1) is 15.9. The van der Waals surface area contributed by atoms with Gasteiger partial charge >= 0.3 is 5.97 Å². The van der Waals surface area contributed by atoms with Gasteiger partial charge in [0.1, 0.15) is 11.9 Å². The largest absolute Gasteiger partial charge is 0.465 e. The van der Waals surface area contributed by atoms with Crippen molar-refractivity contribution < 1.29 is 9.53 Å². The van der Waals surface area contributed by atoms with E-state index in [1.165, 1.54) is 7.11 Å². The third-order valence-electron chi connectivity index (χ3n) is 3.65. The molecule has 1 N–H and O–H groups in total. The van der Waals surface area contributed by atoms with Crippen LogP contribution in [0.1, 0.15) is 13.3 Å². The van der Waals surface area contributed by atoms with Gasteiger partial charge in [0.25, 0.3) is 0 Å². The van der Waals surface area contributed by atoms with Gasteiger partial charge in [-0.3, -0.25) is 4.90 Å². The Balaban J connectivity index is 2.62. The average molecular weight is 300 g/mol. The van der Waals surface area contributed by atoms with E-state index in [9.17, 15) is 10.1 Å². The van der Waals surface area contributed by atoms with Crippen LogP contribution in [0.25, 0.3) is 0 Å². The molecule has 1 aliphatic rings. The van der Waals surface area contributed by atoms with E-state index in [2.05, 4.69) is 17.1 Å². The number of hydrogen-bond acceptors (Lipinski definition) is 6. The van der Waals surface area contributed by atoms with Crippen LogP contribution in [0.4, 0.5) is 11.4 Å². The second-order valence-corrected chi connectivity index (χ2v) is 5.19. The molecule has 0 aromatic heterocycles. The van der Waals surface area contributed by atoms with E-state index in [1.54, 1.807) is 0 Å². The molecular weight excluding hydrogens is 280 g/mol. The maximum Gasteiger partial charge on any atom is 0.352 e. The minimum Gasteiger partial charge on any atom is -0.465 e. The fourth-order valence-corrected chi connectivity index (χ4v) is 2.67. The van der Waals surface area contributed by atoms with E-state index in [1.807, 2.05) is 49.3 Å². The number of hydrogen-bond donors (Lipinski definition) is 1. The van der Waals surface area contributed by atoms with Gasteiger partial charge in [-0.25, -0.2) is 4.79 Å². The van der Waals surface area contributed by atoms with Crippen molar-refractivity contribution in [1.82, 2.24) is 4.90 Å².